The van der Waals surface area contributed by atoms with Crippen LogP contribution in [-0.2, 0) is 5.54 Å². The van der Waals surface area contributed by atoms with E-state index in [9.17, 15) is 0 Å². The summed E-state index contributed by atoms with van der Waals surface area (Å²) >= 11 is 0. The van der Waals surface area contributed by atoms with E-state index in [1.165, 1.54) is 18.5 Å². The Morgan fingerprint density at radius 1 is 1.25 bits per heavy atom. The quantitative estimate of drug-likeness (QED) is 0.837. The van der Waals surface area contributed by atoms with Crippen LogP contribution in [0, 0.1) is 0 Å². The van der Waals surface area contributed by atoms with Crippen molar-refractivity contribution in [3.63, 3.8) is 0 Å². The highest BCUT2D eigenvalue weighted by Gasteiger charge is 2.33. The summed E-state index contributed by atoms with van der Waals surface area (Å²) in [4.78, 5) is 2.57. The Labute approximate surface area is 98.7 Å². The van der Waals surface area contributed by atoms with Gasteiger partial charge in [-0.05, 0) is 32.9 Å². The molecular formula is C14H22N2. The summed E-state index contributed by atoms with van der Waals surface area (Å²) in [6.07, 6.45) is 1.26. The van der Waals surface area contributed by atoms with Crippen LogP contribution in [0.5, 0.6) is 0 Å². The van der Waals surface area contributed by atoms with Crippen molar-refractivity contribution in [1.29, 1.82) is 0 Å². The summed E-state index contributed by atoms with van der Waals surface area (Å²) in [6, 6.07) is 11.5. The zero-order chi connectivity index (χ0) is 11.6. The van der Waals surface area contributed by atoms with Gasteiger partial charge in [-0.3, -0.25) is 4.90 Å². The lowest BCUT2D eigenvalue weighted by Gasteiger charge is -2.36. The van der Waals surface area contributed by atoms with E-state index < -0.39 is 0 Å². The van der Waals surface area contributed by atoms with Crippen molar-refractivity contribution in [1.82, 2.24) is 10.2 Å². The molecule has 0 aromatic heterocycles. The average molecular weight is 218 g/mol. The molecule has 1 aromatic rings. The second-order valence-electron chi connectivity index (χ2n) is 5.15. The molecule has 1 N–H and O–H groups in total. The highest BCUT2D eigenvalue weighted by atomic mass is 15.2. The molecule has 1 saturated heterocycles. The van der Waals surface area contributed by atoms with Gasteiger partial charge in [0.05, 0.1) is 0 Å². The monoisotopic (exact) mass is 218 g/mol. The predicted molar refractivity (Wildman–Crippen MR) is 68.5 cm³/mol. The van der Waals surface area contributed by atoms with Crippen LogP contribution in [0.15, 0.2) is 30.3 Å². The first-order valence-electron chi connectivity index (χ1n) is 6.12. The molecule has 2 heteroatoms. The molecule has 1 aliphatic rings. The number of nitrogens with zero attached hydrogens (tertiary/aromatic N) is 1. The molecule has 2 rings (SSSR count). The Morgan fingerprint density at radius 2 is 1.94 bits per heavy atom. The Bertz CT molecular complexity index is 332. The molecule has 1 atom stereocenters. The van der Waals surface area contributed by atoms with Gasteiger partial charge in [-0.15, -0.1) is 0 Å². The van der Waals surface area contributed by atoms with Crippen LogP contribution in [0.4, 0.5) is 0 Å². The summed E-state index contributed by atoms with van der Waals surface area (Å²) < 4.78 is 0. The predicted octanol–water partition coefficient (Wildman–Crippen LogP) is 2.22. The molecule has 1 aliphatic heterocycles. The van der Waals surface area contributed by atoms with Gasteiger partial charge in [0, 0.05) is 24.7 Å². The zero-order valence-electron chi connectivity index (χ0n) is 10.5. The maximum absolute atomic E-state index is 3.38. The molecule has 0 saturated carbocycles. The molecule has 16 heavy (non-hydrogen) atoms. The third kappa shape index (κ3) is 2.13. The molecule has 88 valence electrons. The minimum absolute atomic E-state index is 0.146. The molecule has 0 spiro atoms. The topological polar surface area (TPSA) is 15.3 Å². The van der Waals surface area contributed by atoms with Crippen molar-refractivity contribution in [3.8, 4) is 0 Å². The summed E-state index contributed by atoms with van der Waals surface area (Å²) in [7, 11) is 2.06. The van der Waals surface area contributed by atoms with Crippen LogP contribution in [0.1, 0.15) is 25.8 Å². The summed E-state index contributed by atoms with van der Waals surface area (Å²) in [5.74, 6) is 0. The fraction of sp³-hybridized carbons (Fsp3) is 0.571. The maximum Gasteiger partial charge on any atom is 0.0405 e. The summed E-state index contributed by atoms with van der Waals surface area (Å²) in [6.45, 7) is 6.98. The third-order valence-corrected chi connectivity index (χ3v) is 3.87. The van der Waals surface area contributed by atoms with Crippen LogP contribution in [-0.4, -0.2) is 31.1 Å². The molecule has 0 aliphatic carbocycles. The molecule has 1 heterocycles. The van der Waals surface area contributed by atoms with Crippen molar-refractivity contribution >= 4 is 0 Å². The van der Waals surface area contributed by atoms with E-state index in [1.807, 2.05) is 0 Å². The molecular weight excluding hydrogens is 196 g/mol. The Kier molecular flexibility index (Phi) is 3.31. The van der Waals surface area contributed by atoms with Crippen LogP contribution in [0.25, 0.3) is 0 Å². The number of hydrogen-bond acceptors (Lipinski definition) is 2. The van der Waals surface area contributed by atoms with E-state index in [-0.39, 0.29) is 5.54 Å². The zero-order valence-corrected chi connectivity index (χ0v) is 10.5. The van der Waals surface area contributed by atoms with Crippen molar-refractivity contribution in [3.05, 3.63) is 35.9 Å². The Balaban J connectivity index is 2.14. The summed E-state index contributed by atoms with van der Waals surface area (Å²) in [5.41, 5.74) is 1.55. The van der Waals surface area contributed by atoms with Crippen LogP contribution in [0.3, 0.4) is 0 Å². The fourth-order valence-electron chi connectivity index (χ4n) is 2.53. The molecule has 1 unspecified atom stereocenters. The largest absolute Gasteiger partial charge is 0.316 e. The first-order valence-corrected chi connectivity index (χ1v) is 6.12. The number of likely N-dealkylation sites (tertiary alicyclic amines) is 1. The lowest BCUT2D eigenvalue weighted by molar-refractivity contribution is 0.152. The number of rotatable bonds is 3. The molecule has 2 nitrogen and oxygen atoms in total. The van der Waals surface area contributed by atoms with Gasteiger partial charge in [0.15, 0.2) is 0 Å². The number of hydrogen-bond donors (Lipinski definition) is 1. The number of likely N-dealkylation sites (N-methyl/N-ethyl adjacent to an activating group) is 1. The van der Waals surface area contributed by atoms with Gasteiger partial charge in [-0.2, -0.15) is 0 Å². The average Bonchev–Trinajstić information content (AvgIpc) is 2.79. The van der Waals surface area contributed by atoms with E-state index in [2.05, 4.69) is 61.4 Å². The summed E-state index contributed by atoms with van der Waals surface area (Å²) in [5, 5.41) is 3.38. The minimum Gasteiger partial charge on any atom is -0.316 e. The first kappa shape index (κ1) is 11.6. The van der Waals surface area contributed by atoms with Crippen LogP contribution in [0.2, 0.25) is 0 Å². The van der Waals surface area contributed by atoms with Crippen molar-refractivity contribution in [2.24, 2.45) is 0 Å². The van der Waals surface area contributed by atoms with E-state index in [4.69, 9.17) is 0 Å². The van der Waals surface area contributed by atoms with Crippen molar-refractivity contribution in [2.45, 2.75) is 31.8 Å². The van der Waals surface area contributed by atoms with Gasteiger partial charge in [-0.1, -0.05) is 30.3 Å². The first-order chi connectivity index (χ1) is 7.64. The van der Waals surface area contributed by atoms with Gasteiger partial charge in [-0.25, -0.2) is 0 Å². The second kappa shape index (κ2) is 4.56. The molecule has 0 bridgehead atoms. The highest BCUT2D eigenvalue weighted by molar-refractivity contribution is 5.23. The Morgan fingerprint density at radius 3 is 2.50 bits per heavy atom. The standard InChI is InChI=1S/C14H22N2/c1-14(2,12-7-5-4-6-8-12)16-10-9-13(11-16)15-3/h4-8,13,15H,9-11H2,1-3H3. The Hall–Kier alpha value is -0.860. The third-order valence-electron chi connectivity index (χ3n) is 3.87. The number of nitrogens with one attached hydrogen (secondary N) is 1. The van der Waals surface area contributed by atoms with E-state index >= 15 is 0 Å². The van der Waals surface area contributed by atoms with Gasteiger partial charge >= 0.3 is 0 Å². The number of benzene rings is 1. The normalized spacial score (nSPS) is 22.6. The lowest BCUT2D eigenvalue weighted by atomic mass is 9.92. The molecule has 1 fully saturated rings. The fourth-order valence-corrected chi connectivity index (χ4v) is 2.53. The van der Waals surface area contributed by atoms with Gasteiger partial charge in [0.2, 0.25) is 0 Å². The smallest absolute Gasteiger partial charge is 0.0405 e. The lowest BCUT2D eigenvalue weighted by Crippen LogP contribution is -2.41. The van der Waals surface area contributed by atoms with E-state index in [1.54, 1.807) is 0 Å². The van der Waals surface area contributed by atoms with Crippen molar-refractivity contribution in [2.75, 3.05) is 20.1 Å². The molecule has 0 radical (unpaired) electrons. The van der Waals surface area contributed by atoms with Crippen molar-refractivity contribution < 1.29 is 0 Å². The van der Waals surface area contributed by atoms with Gasteiger partial charge < -0.3 is 5.32 Å². The molecule has 1 aromatic carbocycles. The van der Waals surface area contributed by atoms with Crippen LogP contribution >= 0.6 is 0 Å². The highest BCUT2D eigenvalue weighted by Crippen LogP contribution is 2.30. The van der Waals surface area contributed by atoms with Gasteiger partial charge in [0.1, 0.15) is 0 Å². The second-order valence-corrected chi connectivity index (χ2v) is 5.15. The van der Waals surface area contributed by atoms with Gasteiger partial charge in [0.25, 0.3) is 0 Å². The SMILES string of the molecule is CNC1CCN(C(C)(C)c2ccccc2)C1. The molecule has 0 amide bonds. The van der Waals surface area contributed by atoms with Crippen LogP contribution < -0.4 is 5.32 Å². The maximum atomic E-state index is 3.38. The minimum atomic E-state index is 0.146. The van der Waals surface area contributed by atoms with E-state index in [0.717, 1.165) is 6.54 Å². The van der Waals surface area contributed by atoms with E-state index in [0.29, 0.717) is 6.04 Å².